The maximum Gasteiger partial charge on any atom is 0.0647 e. The summed E-state index contributed by atoms with van der Waals surface area (Å²) in [6, 6.07) is 11.0. The number of nitrogens with one attached hydrogen (secondary N) is 1. The van der Waals surface area contributed by atoms with Gasteiger partial charge in [-0.25, -0.2) is 4.68 Å². The Kier molecular flexibility index (Phi) is 4.02. The molecule has 1 aromatic carbocycles. The lowest BCUT2D eigenvalue weighted by molar-refractivity contribution is 0.229. The summed E-state index contributed by atoms with van der Waals surface area (Å²) in [4.78, 5) is 2.51. The Morgan fingerprint density at radius 1 is 1.20 bits per heavy atom. The highest BCUT2D eigenvalue weighted by atomic mass is 15.3. The van der Waals surface area contributed by atoms with E-state index in [1.165, 1.54) is 38.2 Å². The number of likely N-dealkylation sites (tertiary alicyclic amines) is 1. The SMILES string of the molecule is CCN1CCC(Nc2ccc(-n3cccn3)cc2)CC1. The van der Waals surface area contributed by atoms with Crippen LogP contribution in [0.4, 0.5) is 5.69 Å². The van der Waals surface area contributed by atoms with Gasteiger partial charge in [-0.3, -0.25) is 0 Å². The summed E-state index contributed by atoms with van der Waals surface area (Å²) in [5, 5.41) is 7.88. The topological polar surface area (TPSA) is 33.1 Å². The summed E-state index contributed by atoms with van der Waals surface area (Å²) >= 11 is 0. The van der Waals surface area contributed by atoms with Gasteiger partial charge >= 0.3 is 0 Å². The Bertz CT molecular complexity index is 510. The van der Waals surface area contributed by atoms with Gasteiger partial charge in [-0.05, 0) is 49.7 Å². The van der Waals surface area contributed by atoms with Crippen LogP contribution in [0.3, 0.4) is 0 Å². The molecule has 1 aromatic heterocycles. The van der Waals surface area contributed by atoms with E-state index >= 15 is 0 Å². The van der Waals surface area contributed by atoms with Crippen LogP contribution in [0.25, 0.3) is 5.69 Å². The standard InChI is InChI=1S/C16H22N4/c1-2-19-12-8-15(9-13-19)18-14-4-6-16(7-5-14)20-11-3-10-17-20/h3-7,10-11,15,18H,2,8-9,12-13H2,1H3. The monoisotopic (exact) mass is 270 g/mol. The second kappa shape index (κ2) is 6.09. The minimum atomic E-state index is 0.605. The Hall–Kier alpha value is -1.81. The van der Waals surface area contributed by atoms with Crippen molar-refractivity contribution in [2.45, 2.75) is 25.8 Å². The number of aromatic nitrogens is 2. The average Bonchev–Trinajstić information content (AvgIpc) is 3.03. The van der Waals surface area contributed by atoms with Crippen molar-refractivity contribution in [1.29, 1.82) is 0 Å². The number of hydrogen-bond donors (Lipinski definition) is 1. The molecule has 1 saturated heterocycles. The molecule has 0 amide bonds. The second-order valence-electron chi connectivity index (χ2n) is 5.35. The number of rotatable bonds is 4. The van der Waals surface area contributed by atoms with Gasteiger partial charge in [0.1, 0.15) is 0 Å². The number of piperidine rings is 1. The van der Waals surface area contributed by atoms with E-state index in [1.807, 2.05) is 16.9 Å². The minimum absolute atomic E-state index is 0.605. The van der Waals surface area contributed by atoms with Crippen molar-refractivity contribution in [2.75, 3.05) is 25.0 Å². The number of nitrogens with zero attached hydrogens (tertiary/aromatic N) is 3. The summed E-state index contributed by atoms with van der Waals surface area (Å²) in [7, 11) is 0. The van der Waals surface area contributed by atoms with E-state index in [1.54, 1.807) is 6.20 Å². The van der Waals surface area contributed by atoms with Gasteiger partial charge in [-0.2, -0.15) is 5.10 Å². The first kappa shape index (κ1) is 13.2. The van der Waals surface area contributed by atoms with Crippen molar-refractivity contribution in [3.8, 4) is 5.69 Å². The molecule has 3 rings (SSSR count). The molecule has 1 aliphatic rings. The van der Waals surface area contributed by atoms with Crippen LogP contribution >= 0.6 is 0 Å². The van der Waals surface area contributed by atoms with E-state index in [0.717, 1.165) is 5.69 Å². The molecule has 4 heteroatoms. The minimum Gasteiger partial charge on any atom is -0.382 e. The van der Waals surface area contributed by atoms with Crippen LogP contribution in [-0.2, 0) is 0 Å². The summed E-state index contributed by atoms with van der Waals surface area (Å²) in [6.45, 7) is 5.83. The van der Waals surface area contributed by atoms with Crippen LogP contribution < -0.4 is 5.32 Å². The normalized spacial score (nSPS) is 17.2. The van der Waals surface area contributed by atoms with Crippen LogP contribution in [0.5, 0.6) is 0 Å². The first-order valence-corrected chi connectivity index (χ1v) is 7.44. The number of anilines is 1. The van der Waals surface area contributed by atoms with Gasteiger partial charge in [0.15, 0.2) is 0 Å². The van der Waals surface area contributed by atoms with E-state index < -0.39 is 0 Å². The summed E-state index contributed by atoms with van der Waals surface area (Å²) in [5.41, 5.74) is 2.30. The van der Waals surface area contributed by atoms with Crippen molar-refractivity contribution in [2.24, 2.45) is 0 Å². The predicted octanol–water partition coefficient (Wildman–Crippen LogP) is 2.77. The van der Waals surface area contributed by atoms with Gasteiger partial charge in [0.25, 0.3) is 0 Å². The lowest BCUT2D eigenvalue weighted by Crippen LogP contribution is -2.38. The van der Waals surface area contributed by atoms with E-state index in [-0.39, 0.29) is 0 Å². The molecular weight excluding hydrogens is 248 g/mol. The zero-order chi connectivity index (χ0) is 13.8. The fourth-order valence-corrected chi connectivity index (χ4v) is 2.76. The predicted molar refractivity (Wildman–Crippen MR) is 82.3 cm³/mol. The molecule has 2 heterocycles. The van der Waals surface area contributed by atoms with Gasteiger partial charge in [0.2, 0.25) is 0 Å². The number of hydrogen-bond acceptors (Lipinski definition) is 3. The van der Waals surface area contributed by atoms with Crippen molar-refractivity contribution >= 4 is 5.69 Å². The molecule has 20 heavy (non-hydrogen) atoms. The molecule has 1 fully saturated rings. The first-order valence-electron chi connectivity index (χ1n) is 7.44. The highest BCUT2D eigenvalue weighted by molar-refractivity contribution is 5.49. The molecule has 0 saturated carbocycles. The lowest BCUT2D eigenvalue weighted by atomic mass is 10.0. The molecule has 0 aliphatic carbocycles. The maximum atomic E-state index is 4.24. The van der Waals surface area contributed by atoms with Gasteiger partial charge in [-0.15, -0.1) is 0 Å². The van der Waals surface area contributed by atoms with Crippen molar-refractivity contribution in [3.63, 3.8) is 0 Å². The highest BCUT2D eigenvalue weighted by Crippen LogP contribution is 2.18. The summed E-state index contributed by atoms with van der Waals surface area (Å²) in [5.74, 6) is 0. The second-order valence-corrected chi connectivity index (χ2v) is 5.35. The Morgan fingerprint density at radius 3 is 2.55 bits per heavy atom. The average molecular weight is 270 g/mol. The fraction of sp³-hybridized carbons (Fsp3) is 0.438. The van der Waals surface area contributed by atoms with Crippen molar-refractivity contribution in [1.82, 2.24) is 14.7 Å². The zero-order valence-electron chi connectivity index (χ0n) is 12.0. The molecule has 0 unspecified atom stereocenters. The van der Waals surface area contributed by atoms with E-state index in [2.05, 4.69) is 46.5 Å². The van der Waals surface area contributed by atoms with E-state index in [0.29, 0.717) is 6.04 Å². The van der Waals surface area contributed by atoms with Gasteiger partial charge in [0, 0.05) is 37.2 Å². The third kappa shape index (κ3) is 3.02. The Morgan fingerprint density at radius 2 is 1.95 bits per heavy atom. The van der Waals surface area contributed by atoms with E-state index in [4.69, 9.17) is 0 Å². The van der Waals surface area contributed by atoms with Gasteiger partial charge in [-0.1, -0.05) is 6.92 Å². The van der Waals surface area contributed by atoms with Crippen LogP contribution in [0, 0.1) is 0 Å². The quantitative estimate of drug-likeness (QED) is 0.927. The third-order valence-corrected chi connectivity index (χ3v) is 4.04. The molecule has 0 atom stereocenters. The van der Waals surface area contributed by atoms with Crippen LogP contribution in [-0.4, -0.2) is 40.4 Å². The molecule has 1 N–H and O–H groups in total. The number of benzene rings is 1. The Balaban J connectivity index is 1.59. The molecule has 2 aromatic rings. The molecular formula is C16H22N4. The summed E-state index contributed by atoms with van der Waals surface area (Å²) in [6.07, 6.45) is 6.22. The van der Waals surface area contributed by atoms with Crippen molar-refractivity contribution < 1.29 is 0 Å². The molecule has 0 bridgehead atoms. The largest absolute Gasteiger partial charge is 0.382 e. The highest BCUT2D eigenvalue weighted by Gasteiger charge is 2.17. The summed E-state index contributed by atoms with van der Waals surface area (Å²) < 4.78 is 1.88. The Labute approximate surface area is 120 Å². The molecule has 4 nitrogen and oxygen atoms in total. The maximum absolute atomic E-state index is 4.24. The fourth-order valence-electron chi connectivity index (χ4n) is 2.76. The third-order valence-electron chi connectivity index (χ3n) is 4.04. The molecule has 0 spiro atoms. The van der Waals surface area contributed by atoms with Crippen molar-refractivity contribution in [3.05, 3.63) is 42.7 Å². The van der Waals surface area contributed by atoms with Gasteiger partial charge < -0.3 is 10.2 Å². The molecule has 106 valence electrons. The van der Waals surface area contributed by atoms with E-state index in [9.17, 15) is 0 Å². The first-order chi connectivity index (χ1) is 9.85. The van der Waals surface area contributed by atoms with Crippen LogP contribution in [0.1, 0.15) is 19.8 Å². The van der Waals surface area contributed by atoms with Crippen LogP contribution in [0.15, 0.2) is 42.7 Å². The van der Waals surface area contributed by atoms with Gasteiger partial charge in [0.05, 0.1) is 5.69 Å². The zero-order valence-corrected chi connectivity index (χ0v) is 12.0. The smallest absolute Gasteiger partial charge is 0.0647 e. The lowest BCUT2D eigenvalue weighted by Gasteiger charge is -2.32. The molecule has 0 radical (unpaired) electrons. The van der Waals surface area contributed by atoms with Crippen LogP contribution in [0.2, 0.25) is 0 Å². The molecule has 1 aliphatic heterocycles.